The van der Waals surface area contributed by atoms with Gasteiger partial charge in [0.15, 0.2) is 17.5 Å². The molecule has 1 aliphatic carbocycles. The van der Waals surface area contributed by atoms with E-state index in [2.05, 4.69) is 10.3 Å². The summed E-state index contributed by atoms with van der Waals surface area (Å²) in [5.74, 6) is 1.94. The maximum atomic E-state index is 6.03. The summed E-state index contributed by atoms with van der Waals surface area (Å²) in [4.78, 5) is 4.45. The minimum absolute atomic E-state index is 0.457. The Kier molecular flexibility index (Phi) is 6.37. The summed E-state index contributed by atoms with van der Waals surface area (Å²) in [6.07, 6.45) is 7.56. The molecule has 0 bridgehead atoms. The molecule has 0 aromatic heterocycles. The van der Waals surface area contributed by atoms with Crippen LogP contribution in [0.5, 0.6) is 11.5 Å². The fourth-order valence-corrected chi connectivity index (χ4v) is 2.93. The van der Waals surface area contributed by atoms with Crippen LogP contribution in [-0.2, 0) is 6.54 Å². The minimum Gasteiger partial charge on any atom is -0.493 e. The summed E-state index contributed by atoms with van der Waals surface area (Å²) in [5, 5.41) is 3.35. The maximum absolute atomic E-state index is 6.03. The van der Waals surface area contributed by atoms with Crippen molar-refractivity contribution in [3.8, 4) is 11.5 Å². The summed E-state index contributed by atoms with van der Waals surface area (Å²) < 4.78 is 10.7. The zero-order valence-electron chi connectivity index (χ0n) is 13.6. The predicted molar refractivity (Wildman–Crippen MR) is 89.5 cm³/mol. The van der Waals surface area contributed by atoms with Gasteiger partial charge in [0, 0.05) is 11.6 Å². The first-order valence-electron chi connectivity index (χ1n) is 8.01. The van der Waals surface area contributed by atoms with Crippen molar-refractivity contribution in [3.63, 3.8) is 0 Å². The SMILES string of the molecule is COc1cccc(CN=C(N)NC2CCCCCC2)c1OC. The first-order chi connectivity index (χ1) is 10.7. The molecule has 0 radical (unpaired) electrons. The standard InChI is InChI=1S/C17H27N3O2/c1-21-15-11-7-8-13(16(15)22-2)12-19-17(18)20-14-9-5-3-4-6-10-14/h7-8,11,14H,3-6,9-10,12H2,1-2H3,(H3,18,19,20). The normalized spacial score (nSPS) is 16.9. The minimum atomic E-state index is 0.457. The van der Waals surface area contributed by atoms with Gasteiger partial charge in [-0.2, -0.15) is 0 Å². The molecule has 2 rings (SSSR count). The highest BCUT2D eigenvalue weighted by molar-refractivity contribution is 5.78. The van der Waals surface area contributed by atoms with Crippen LogP contribution < -0.4 is 20.5 Å². The lowest BCUT2D eigenvalue weighted by molar-refractivity contribution is 0.352. The van der Waals surface area contributed by atoms with Gasteiger partial charge in [0.1, 0.15) is 0 Å². The summed E-state index contributed by atoms with van der Waals surface area (Å²) in [6.45, 7) is 0.478. The number of ether oxygens (including phenoxy) is 2. The van der Waals surface area contributed by atoms with E-state index < -0.39 is 0 Å². The number of hydrogen-bond donors (Lipinski definition) is 2. The Balaban J connectivity index is 1.98. The van der Waals surface area contributed by atoms with Crippen molar-refractivity contribution in [2.24, 2.45) is 10.7 Å². The number of para-hydroxylation sites is 1. The van der Waals surface area contributed by atoms with E-state index in [4.69, 9.17) is 15.2 Å². The van der Waals surface area contributed by atoms with Crippen LogP contribution in [0.15, 0.2) is 23.2 Å². The van der Waals surface area contributed by atoms with Gasteiger partial charge in [-0.25, -0.2) is 4.99 Å². The average Bonchev–Trinajstić information content (AvgIpc) is 2.81. The van der Waals surface area contributed by atoms with Crippen LogP contribution in [0.2, 0.25) is 0 Å². The molecule has 0 atom stereocenters. The number of nitrogens with zero attached hydrogens (tertiary/aromatic N) is 1. The summed E-state index contributed by atoms with van der Waals surface area (Å²) in [6, 6.07) is 6.24. The zero-order valence-corrected chi connectivity index (χ0v) is 13.6. The number of methoxy groups -OCH3 is 2. The van der Waals surface area contributed by atoms with Gasteiger partial charge in [0.25, 0.3) is 0 Å². The number of rotatable bonds is 5. The monoisotopic (exact) mass is 305 g/mol. The van der Waals surface area contributed by atoms with Crippen molar-refractivity contribution >= 4 is 5.96 Å². The third-order valence-electron chi connectivity index (χ3n) is 4.11. The van der Waals surface area contributed by atoms with Gasteiger partial charge >= 0.3 is 0 Å². The first kappa shape index (κ1) is 16.5. The molecule has 122 valence electrons. The molecule has 0 heterocycles. The van der Waals surface area contributed by atoms with Crippen molar-refractivity contribution in [3.05, 3.63) is 23.8 Å². The fraction of sp³-hybridized carbons (Fsp3) is 0.588. The zero-order chi connectivity index (χ0) is 15.8. The van der Waals surface area contributed by atoms with E-state index in [1.807, 2.05) is 18.2 Å². The summed E-state index contributed by atoms with van der Waals surface area (Å²) in [7, 11) is 3.27. The van der Waals surface area contributed by atoms with Gasteiger partial charge in [-0.05, 0) is 18.9 Å². The molecule has 0 saturated heterocycles. The highest BCUT2D eigenvalue weighted by Gasteiger charge is 2.13. The van der Waals surface area contributed by atoms with Gasteiger partial charge in [0.2, 0.25) is 0 Å². The van der Waals surface area contributed by atoms with E-state index >= 15 is 0 Å². The van der Waals surface area contributed by atoms with E-state index in [-0.39, 0.29) is 0 Å². The number of guanidine groups is 1. The number of nitrogens with two attached hydrogens (primary N) is 1. The van der Waals surface area contributed by atoms with E-state index in [9.17, 15) is 0 Å². The molecule has 1 aliphatic rings. The molecular weight excluding hydrogens is 278 g/mol. The molecule has 0 aliphatic heterocycles. The van der Waals surface area contributed by atoms with Gasteiger partial charge in [-0.15, -0.1) is 0 Å². The van der Waals surface area contributed by atoms with Crippen molar-refractivity contribution < 1.29 is 9.47 Å². The third kappa shape index (κ3) is 4.55. The molecular formula is C17H27N3O2. The Labute approximate surface area is 132 Å². The molecule has 22 heavy (non-hydrogen) atoms. The second-order valence-corrected chi connectivity index (χ2v) is 5.69. The highest BCUT2D eigenvalue weighted by atomic mass is 16.5. The van der Waals surface area contributed by atoms with Crippen LogP contribution in [-0.4, -0.2) is 26.2 Å². The van der Waals surface area contributed by atoms with Crippen LogP contribution in [0.1, 0.15) is 44.1 Å². The molecule has 1 aromatic rings. The third-order valence-corrected chi connectivity index (χ3v) is 4.11. The Morgan fingerprint density at radius 1 is 1.18 bits per heavy atom. The van der Waals surface area contributed by atoms with Gasteiger partial charge in [-0.1, -0.05) is 37.8 Å². The molecule has 5 heteroatoms. The van der Waals surface area contributed by atoms with E-state index in [0.717, 1.165) is 11.3 Å². The number of nitrogens with one attached hydrogen (secondary N) is 1. The molecule has 1 aromatic carbocycles. The van der Waals surface area contributed by atoms with Crippen LogP contribution in [0.25, 0.3) is 0 Å². The molecule has 0 unspecified atom stereocenters. The quantitative estimate of drug-likeness (QED) is 0.498. The number of benzene rings is 1. The molecule has 1 fully saturated rings. The Hall–Kier alpha value is -1.91. The van der Waals surface area contributed by atoms with Crippen LogP contribution in [0.3, 0.4) is 0 Å². The number of hydrogen-bond acceptors (Lipinski definition) is 3. The first-order valence-corrected chi connectivity index (χ1v) is 8.01. The second-order valence-electron chi connectivity index (χ2n) is 5.69. The average molecular weight is 305 g/mol. The second kappa shape index (κ2) is 8.51. The molecule has 0 amide bonds. The van der Waals surface area contributed by atoms with E-state index in [0.29, 0.717) is 24.3 Å². The predicted octanol–water partition coefficient (Wildman–Crippen LogP) is 2.83. The summed E-state index contributed by atoms with van der Waals surface area (Å²) in [5.41, 5.74) is 7.00. The van der Waals surface area contributed by atoms with E-state index in [1.54, 1.807) is 14.2 Å². The molecule has 3 N–H and O–H groups in total. The summed E-state index contributed by atoms with van der Waals surface area (Å²) >= 11 is 0. The van der Waals surface area contributed by atoms with Crippen LogP contribution in [0.4, 0.5) is 0 Å². The lowest BCUT2D eigenvalue weighted by Crippen LogP contribution is -2.39. The lowest BCUT2D eigenvalue weighted by Gasteiger charge is -2.17. The highest BCUT2D eigenvalue weighted by Crippen LogP contribution is 2.31. The largest absolute Gasteiger partial charge is 0.493 e. The fourth-order valence-electron chi connectivity index (χ4n) is 2.93. The smallest absolute Gasteiger partial charge is 0.189 e. The molecule has 5 nitrogen and oxygen atoms in total. The topological polar surface area (TPSA) is 68.9 Å². The Morgan fingerprint density at radius 3 is 2.55 bits per heavy atom. The van der Waals surface area contributed by atoms with Crippen LogP contribution in [0, 0.1) is 0 Å². The number of aliphatic imine (C=N–C) groups is 1. The van der Waals surface area contributed by atoms with Crippen LogP contribution >= 0.6 is 0 Å². The maximum Gasteiger partial charge on any atom is 0.189 e. The molecule has 0 spiro atoms. The van der Waals surface area contributed by atoms with E-state index in [1.165, 1.54) is 38.5 Å². The van der Waals surface area contributed by atoms with Crippen molar-refractivity contribution in [1.29, 1.82) is 0 Å². The van der Waals surface area contributed by atoms with Crippen molar-refractivity contribution in [2.45, 2.75) is 51.1 Å². The van der Waals surface area contributed by atoms with Gasteiger partial charge < -0.3 is 20.5 Å². The lowest BCUT2D eigenvalue weighted by atomic mass is 10.1. The van der Waals surface area contributed by atoms with Crippen molar-refractivity contribution in [2.75, 3.05) is 14.2 Å². The Bertz CT molecular complexity index is 495. The van der Waals surface area contributed by atoms with Gasteiger partial charge in [-0.3, -0.25) is 0 Å². The Morgan fingerprint density at radius 2 is 1.91 bits per heavy atom. The van der Waals surface area contributed by atoms with Gasteiger partial charge in [0.05, 0.1) is 20.8 Å². The van der Waals surface area contributed by atoms with Crippen molar-refractivity contribution in [1.82, 2.24) is 5.32 Å². The molecule has 1 saturated carbocycles.